The quantitative estimate of drug-likeness (QED) is 0.822. The topological polar surface area (TPSA) is 75.3 Å². The molecular formula is C12H20N4O. The average molecular weight is 236 g/mol. The fourth-order valence-corrected chi connectivity index (χ4v) is 2.48. The van der Waals surface area contributed by atoms with Gasteiger partial charge in [0.25, 0.3) is 0 Å². The summed E-state index contributed by atoms with van der Waals surface area (Å²) in [5, 5.41) is 10.3. The van der Waals surface area contributed by atoms with Crippen molar-refractivity contribution in [1.82, 2.24) is 9.97 Å². The minimum atomic E-state index is -0.567. The number of aryl methyl sites for hydroxylation is 1. The van der Waals surface area contributed by atoms with Gasteiger partial charge in [-0.25, -0.2) is 9.97 Å². The molecule has 2 rings (SSSR count). The first-order valence-electron chi connectivity index (χ1n) is 6.03. The number of hydrogen-bond donors (Lipinski definition) is 2. The van der Waals surface area contributed by atoms with Crippen molar-refractivity contribution in [3.63, 3.8) is 0 Å². The van der Waals surface area contributed by atoms with Crippen molar-refractivity contribution in [2.75, 3.05) is 24.2 Å². The van der Waals surface area contributed by atoms with Crippen LogP contribution in [0.15, 0.2) is 6.07 Å². The second kappa shape index (κ2) is 4.49. The van der Waals surface area contributed by atoms with Gasteiger partial charge in [-0.2, -0.15) is 0 Å². The summed E-state index contributed by atoms with van der Waals surface area (Å²) in [5.41, 5.74) is 5.13. The predicted octanol–water partition coefficient (Wildman–Crippen LogP) is 1.11. The lowest BCUT2D eigenvalue weighted by Crippen LogP contribution is -2.39. The van der Waals surface area contributed by atoms with Crippen molar-refractivity contribution in [3.05, 3.63) is 11.9 Å². The molecule has 0 aliphatic heterocycles. The van der Waals surface area contributed by atoms with Gasteiger partial charge in [0.2, 0.25) is 0 Å². The van der Waals surface area contributed by atoms with Gasteiger partial charge in [0.1, 0.15) is 17.5 Å². The van der Waals surface area contributed by atoms with Crippen LogP contribution in [0.4, 0.5) is 11.6 Å². The number of aromatic nitrogens is 2. The molecule has 5 nitrogen and oxygen atoms in total. The van der Waals surface area contributed by atoms with Crippen molar-refractivity contribution in [3.8, 4) is 0 Å². The summed E-state index contributed by atoms with van der Waals surface area (Å²) in [7, 11) is 1.93. The maximum atomic E-state index is 10.3. The van der Waals surface area contributed by atoms with E-state index in [0.29, 0.717) is 18.2 Å². The molecule has 0 spiro atoms. The van der Waals surface area contributed by atoms with E-state index in [9.17, 15) is 5.11 Å². The first-order chi connectivity index (χ1) is 7.98. The van der Waals surface area contributed by atoms with Crippen LogP contribution in [-0.4, -0.2) is 34.3 Å². The van der Waals surface area contributed by atoms with Crippen LogP contribution in [0, 0.1) is 6.92 Å². The highest BCUT2D eigenvalue weighted by Gasteiger charge is 2.32. The molecule has 1 aromatic rings. The number of anilines is 2. The van der Waals surface area contributed by atoms with E-state index < -0.39 is 5.60 Å². The number of nitrogen functional groups attached to an aromatic ring is 1. The largest absolute Gasteiger partial charge is 0.388 e. The lowest BCUT2D eigenvalue weighted by molar-refractivity contribution is 0.0558. The Balaban J connectivity index is 2.11. The van der Waals surface area contributed by atoms with Crippen molar-refractivity contribution in [2.24, 2.45) is 0 Å². The van der Waals surface area contributed by atoms with Gasteiger partial charge in [0.15, 0.2) is 0 Å². The molecule has 0 radical (unpaired) electrons. The maximum Gasteiger partial charge on any atom is 0.134 e. The summed E-state index contributed by atoms with van der Waals surface area (Å²) in [6.07, 6.45) is 3.96. The highest BCUT2D eigenvalue weighted by molar-refractivity contribution is 5.46. The van der Waals surface area contributed by atoms with Crippen molar-refractivity contribution < 1.29 is 5.11 Å². The number of nitrogens with zero attached hydrogens (tertiary/aromatic N) is 3. The SMILES string of the molecule is Cc1nc(N)cc(N(C)CC2(O)CCCC2)n1. The number of likely N-dealkylation sites (N-methyl/N-ethyl adjacent to an activating group) is 1. The zero-order valence-electron chi connectivity index (χ0n) is 10.5. The van der Waals surface area contributed by atoms with E-state index in [-0.39, 0.29) is 0 Å². The summed E-state index contributed by atoms with van der Waals surface area (Å²) >= 11 is 0. The Labute approximate surface area is 102 Å². The molecule has 1 fully saturated rings. The maximum absolute atomic E-state index is 10.3. The Morgan fingerprint density at radius 3 is 2.65 bits per heavy atom. The van der Waals surface area contributed by atoms with Crippen LogP contribution < -0.4 is 10.6 Å². The van der Waals surface area contributed by atoms with Crippen molar-refractivity contribution in [1.29, 1.82) is 0 Å². The molecule has 0 unspecified atom stereocenters. The van der Waals surface area contributed by atoms with Crippen LogP contribution >= 0.6 is 0 Å². The van der Waals surface area contributed by atoms with Gasteiger partial charge in [0, 0.05) is 19.7 Å². The Hall–Kier alpha value is -1.36. The van der Waals surface area contributed by atoms with Crippen LogP contribution in [-0.2, 0) is 0 Å². The van der Waals surface area contributed by atoms with Crippen molar-refractivity contribution in [2.45, 2.75) is 38.2 Å². The number of hydrogen-bond acceptors (Lipinski definition) is 5. The average Bonchev–Trinajstić information content (AvgIpc) is 2.63. The van der Waals surface area contributed by atoms with Crippen LogP contribution in [0.3, 0.4) is 0 Å². The van der Waals surface area contributed by atoms with Gasteiger partial charge in [-0.1, -0.05) is 12.8 Å². The third-order valence-electron chi connectivity index (χ3n) is 3.30. The van der Waals surface area contributed by atoms with E-state index in [4.69, 9.17) is 5.73 Å². The van der Waals surface area contributed by atoms with E-state index in [2.05, 4.69) is 9.97 Å². The molecular weight excluding hydrogens is 216 g/mol. The summed E-state index contributed by atoms with van der Waals surface area (Å²) in [6, 6.07) is 1.74. The molecule has 5 heteroatoms. The fourth-order valence-electron chi connectivity index (χ4n) is 2.48. The second-order valence-corrected chi connectivity index (χ2v) is 4.99. The van der Waals surface area contributed by atoms with Crippen LogP contribution in [0.5, 0.6) is 0 Å². The lowest BCUT2D eigenvalue weighted by Gasteiger charge is -2.29. The highest BCUT2D eigenvalue weighted by Crippen LogP contribution is 2.30. The van der Waals surface area contributed by atoms with Gasteiger partial charge >= 0.3 is 0 Å². The fraction of sp³-hybridized carbons (Fsp3) is 0.667. The van der Waals surface area contributed by atoms with Gasteiger partial charge in [-0.15, -0.1) is 0 Å². The van der Waals surface area contributed by atoms with Gasteiger partial charge in [0.05, 0.1) is 5.60 Å². The van der Waals surface area contributed by atoms with E-state index in [0.717, 1.165) is 31.5 Å². The van der Waals surface area contributed by atoms with Crippen LogP contribution in [0.25, 0.3) is 0 Å². The van der Waals surface area contributed by atoms with E-state index >= 15 is 0 Å². The smallest absolute Gasteiger partial charge is 0.134 e. The van der Waals surface area contributed by atoms with Gasteiger partial charge in [-0.3, -0.25) is 0 Å². The summed E-state index contributed by atoms with van der Waals surface area (Å²) in [4.78, 5) is 10.3. The normalized spacial score (nSPS) is 18.3. The summed E-state index contributed by atoms with van der Waals surface area (Å²) in [5.74, 6) is 1.90. The summed E-state index contributed by atoms with van der Waals surface area (Å²) in [6.45, 7) is 2.42. The first-order valence-corrected chi connectivity index (χ1v) is 6.03. The third kappa shape index (κ3) is 2.85. The number of aliphatic hydroxyl groups is 1. The Morgan fingerprint density at radius 2 is 2.06 bits per heavy atom. The van der Waals surface area contributed by atoms with E-state index in [1.807, 2.05) is 18.9 Å². The number of rotatable bonds is 3. The molecule has 1 aromatic heterocycles. The first kappa shape index (κ1) is 12.1. The van der Waals surface area contributed by atoms with Gasteiger partial charge < -0.3 is 15.7 Å². The summed E-state index contributed by atoms with van der Waals surface area (Å²) < 4.78 is 0. The molecule has 0 bridgehead atoms. The van der Waals surface area contributed by atoms with Gasteiger partial charge in [-0.05, 0) is 19.8 Å². The van der Waals surface area contributed by atoms with Crippen molar-refractivity contribution >= 4 is 11.6 Å². The monoisotopic (exact) mass is 236 g/mol. The number of nitrogens with two attached hydrogens (primary N) is 1. The molecule has 0 amide bonds. The molecule has 0 aromatic carbocycles. The zero-order valence-corrected chi connectivity index (χ0v) is 10.5. The molecule has 1 saturated carbocycles. The minimum Gasteiger partial charge on any atom is -0.388 e. The minimum absolute atomic E-state index is 0.470. The van der Waals surface area contributed by atoms with Crippen LogP contribution in [0.1, 0.15) is 31.5 Å². The molecule has 0 saturated heterocycles. The molecule has 3 N–H and O–H groups in total. The molecule has 17 heavy (non-hydrogen) atoms. The molecule has 1 aliphatic carbocycles. The predicted molar refractivity (Wildman–Crippen MR) is 67.9 cm³/mol. The Kier molecular flexibility index (Phi) is 3.19. The molecule has 94 valence electrons. The Bertz CT molecular complexity index is 381. The third-order valence-corrected chi connectivity index (χ3v) is 3.30. The standard InChI is InChI=1S/C12H20N4O/c1-9-14-10(13)7-11(15-9)16(2)8-12(17)5-3-4-6-12/h7,17H,3-6,8H2,1-2H3,(H2,13,14,15). The second-order valence-electron chi connectivity index (χ2n) is 4.99. The highest BCUT2D eigenvalue weighted by atomic mass is 16.3. The molecule has 1 heterocycles. The van der Waals surface area contributed by atoms with E-state index in [1.54, 1.807) is 6.07 Å². The van der Waals surface area contributed by atoms with Crippen LogP contribution in [0.2, 0.25) is 0 Å². The van der Waals surface area contributed by atoms with E-state index in [1.165, 1.54) is 0 Å². The molecule has 0 atom stereocenters. The lowest BCUT2D eigenvalue weighted by atomic mass is 10.0. The Morgan fingerprint density at radius 1 is 1.41 bits per heavy atom. The molecule has 1 aliphatic rings. The zero-order chi connectivity index (χ0) is 12.5.